The molecule has 32 heavy (non-hydrogen) atoms. The summed E-state index contributed by atoms with van der Waals surface area (Å²) < 4.78 is 10.2. The molecule has 1 unspecified atom stereocenters. The van der Waals surface area contributed by atoms with Crippen molar-refractivity contribution in [2.45, 2.75) is 11.7 Å². The molecule has 0 spiro atoms. The Morgan fingerprint density at radius 1 is 1.25 bits per heavy atom. The number of non-ortho nitro benzene ring substituents is 1. The van der Waals surface area contributed by atoms with E-state index < -0.39 is 16.1 Å². The van der Waals surface area contributed by atoms with Gasteiger partial charge in [-0.15, -0.1) is 0 Å². The monoisotopic (exact) mass is 458 g/mol. The molecule has 2 amide bonds. The molecule has 1 heterocycles. The fourth-order valence-corrected chi connectivity index (χ4v) is 4.18. The van der Waals surface area contributed by atoms with E-state index in [2.05, 4.69) is 10.3 Å². The zero-order valence-corrected chi connectivity index (χ0v) is 18.3. The van der Waals surface area contributed by atoms with Crippen molar-refractivity contribution in [3.8, 4) is 5.75 Å². The van der Waals surface area contributed by atoms with Crippen LogP contribution in [0.1, 0.15) is 6.42 Å². The standard InChI is InChI=1S/C21H22N4O6S/c1-30-11-10-24-20(27)18(32-21(24)22-14-6-4-3-5-7-14)13-19(26)23-16-9-8-15(25(28)29)12-17(16)31-2/h3-9,12,18H,10-11,13H2,1-2H3,(H,23,26). The Labute approximate surface area is 188 Å². The Bertz CT molecular complexity index is 1030. The highest BCUT2D eigenvalue weighted by molar-refractivity contribution is 8.15. The number of amidine groups is 1. The number of methoxy groups -OCH3 is 2. The van der Waals surface area contributed by atoms with Crippen molar-refractivity contribution in [3.63, 3.8) is 0 Å². The molecule has 1 atom stereocenters. The van der Waals surface area contributed by atoms with Crippen LogP contribution in [0.25, 0.3) is 0 Å². The number of nitro benzene ring substituents is 1. The number of benzene rings is 2. The summed E-state index contributed by atoms with van der Waals surface area (Å²) in [5.74, 6) is -0.491. The molecule has 1 N–H and O–H groups in total. The highest BCUT2D eigenvalue weighted by Crippen LogP contribution is 2.33. The van der Waals surface area contributed by atoms with Crippen molar-refractivity contribution >= 4 is 45.8 Å². The maximum atomic E-state index is 12.9. The third kappa shape index (κ3) is 5.62. The Kier molecular flexibility index (Phi) is 7.79. The molecule has 1 fully saturated rings. The summed E-state index contributed by atoms with van der Waals surface area (Å²) in [5.41, 5.74) is 0.829. The van der Waals surface area contributed by atoms with Crippen molar-refractivity contribution in [1.82, 2.24) is 4.90 Å². The quantitative estimate of drug-likeness (QED) is 0.452. The number of amides is 2. The molecule has 0 bridgehead atoms. The fourth-order valence-electron chi connectivity index (χ4n) is 2.99. The summed E-state index contributed by atoms with van der Waals surface area (Å²) in [6.07, 6.45) is -0.0963. The third-order valence-corrected chi connectivity index (χ3v) is 5.74. The number of hydrogen-bond donors (Lipinski definition) is 1. The van der Waals surface area contributed by atoms with Crippen LogP contribution in [0.3, 0.4) is 0 Å². The molecule has 0 aliphatic carbocycles. The van der Waals surface area contributed by atoms with Gasteiger partial charge >= 0.3 is 0 Å². The lowest BCUT2D eigenvalue weighted by Gasteiger charge is -2.15. The lowest BCUT2D eigenvalue weighted by atomic mass is 10.2. The predicted octanol–water partition coefficient (Wildman–Crippen LogP) is 3.21. The Morgan fingerprint density at radius 2 is 2.00 bits per heavy atom. The fraction of sp³-hybridized carbons (Fsp3) is 0.286. The van der Waals surface area contributed by atoms with Crippen LogP contribution >= 0.6 is 11.8 Å². The summed E-state index contributed by atoms with van der Waals surface area (Å²) in [7, 11) is 2.90. The molecule has 2 aromatic carbocycles. The van der Waals surface area contributed by atoms with Crippen LogP contribution in [0.5, 0.6) is 5.75 Å². The van der Waals surface area contributed by atoms with Gasteiger partial charge in [0.2, 0.25) is 11.8 Å². The van der Waals surface area contributed by atoms with Crippen LogP contribution in [-0.4, -0.2) is 59.4 Å². The van der Waals surface area contributed by atoms with Gasteiger partial charge in [-0.25, -0.2) is 4.99 Å². The Morgan fingerprint density at radius 3 is 2.66 bits per heavy atom. The number of rotatable bonds is 9. The number of nitrogens with zero attached hydrogens (tertiary/aromatic N) is 3. The number of thioether (sulfide) groups is 1. The number of hydrogen-bond acceptors (Lipinski definition) is 8. The summed E-state index contributed by atoms with van der Waals surface area (Å²) >= 11 is 1.22. The lowest BCUT2D eigenvalue weighted by molar-refractivity contribution is -0.384. The second kappa shape index (κ2) is 10.7. The van der Waals surface area contributed by atoms with Crippen molar-refractivity contribution in [3.05, 3.63) is 58.6 Å². The zero-order valence-electron chi connectivity index (χ0n) is 17.5. The zero-order chi connectivity index (χ0) is 23.1. The lowest BCUT2D eigenvalue weighted by Crippen LogP contribution is -2.35. The molecule has 10 nitrogen and oxygen atoms in total. The van der Waals surface area contributed by atoms with E-state index in [-0.39, 0.29) is 29.5 Å². The molecule has 3 rings (SSSR count). The topological polar surface area (TPSA) is 123 Å². The average molecular weight is 458 g/mol. The summed E-state index contributed by atoms with van der Waals surface area (Å²) in [6, 6.07) is 13.1. The Hall–Kier alpha value is -3.44. The number of nitro groups is 1. The molecule has 0 aromatic heterocycles. The molecule has 2 aromatic rings. The highest BCUT2D eigenvalue weighted by Gasteiger charge is 2.39. The third-order valence-electron chi connectivity index (χ3n) is 4.56. The van der Waals surface area contributed by atoms with Gasteiger partial charge in [0.15, 0.2) is 5.17 Å². The van der Waals surface area contributed by atoms with Crippen LogP contribution in [0.4, 0.5) is 17.1 Å². The molecule has 0 radical (unpaired) electrons. The molecule has 1 saturated heterocycles. The highest BCUT2D eigenvalue weighted by atomic mass is 32.2. The number of para-hydroxylation sites is 1. The number of nitrogens with one attached hydrogen (secondary N) is 1. The molecule has 1 aliphatic heterocycles. The smallest absolute Gasteiger partial charge is 0.273 e. The normalized spacial score (nSPS) is 16.9. The summed E-state index contributed by atoms with van der Waals surface area (Å²) in [5, 5.41) is 13.4. The van der Waals surface area contributed by atoms with E-state index in [1.165, 1.54) is 42.0 Å². The van der Waals surface area contributed by atoms with Crippen LogP contribution in [0, 0.1) is 10.1 Å². The van der Waals surface area contributed by atoms with Crippen LogP contribution in [0.2, 0.25) is 0 Å². The minimum Gasteiger partial charge on any atom is -0.494 e. The average Bonchev–Trinajstić information content (AvgIpc) is 3.06. The van der Waals surface area contributed by atoms with Gasteiger partial charge in [0.25, 0.3) is 5.69 Å². The van der Waals surface area contributed by atoms with Gasteiger partial charge in [-0.05, 0) is 18.2 Å². The minimum absolute atomic E-state index is 0.0963. The van der Waals surface area contributed by atoms with Crippen LogP contribution in [-0.2, 0) is 14.3 Å². The van der Waals surface area contributed by atoms with Gasteiger partial charge in [0, 0.05) is 19.6 Å². The molecule has 168 valence electrons. The van der Waals surface area contributed by atoms with E-state index in [4.69, 9.17) is 9.47 Å². The molecule has 0 saturated carbocycles. The van der Waals surface area contributed by atoms with Gasteiger partial charge < -0.3 is 14.8 Å². The van der Waals surface area contributed by atoms with Crippen molar-refractivity contribution in [2.75, 3.05) is 32.7 Å². The summed E-state index contributed by atoms with van der Waals surface area (Å²) in [4.78, 5) is 42.0. The van der Waals surface area contributed by atoms with E-state index in [1.54, 1.807) is 7.11 Å². The van der Waals surface area contributed by atoms with Crippen LogP contribution < -0.4 is 10.1 Å². The van der Waals surface area contributed by atoms with Gasteiger partial charge in [0.1, 0.15) is 11.0 Å². The van der Waals surface area contributed by atoms with Crippen molar-refractivity contribution in [1.29, 1.82) is 0 Å². The Balaban J connectivity index is 1.73. The first-order valence-electron chi connectivity index (χ1n) is 9.66. The SMILES string of the molecule is COCCN1C(=O)C(CC(=O)Nc2ccc([N+](=O)[O-])cc2OC)SC1=Nc1ccccc1. The maximum absolute atomic E-state index is 12.9. The van der Waals surface area contributed by atoms with E-state index in [1.807, 2.05) is 30.3 Å². The van der Waals surface area contributed by atoms with E-state index >= 15 is 0 Å². The number of anilines is 1. The number of carbonyl (C=O) groups is 2. The maximum Gasteiger partial charge on any atom is 0.273 e. The van der Waals surface area contributed by atoms with Gasteiger partial charge in [-0.3, -0.25) is 24.6 Å². The van der Waals surface area contributed by atoms with E-state index in [0.29, 0.717) is 24.0 Å². The van der Waals surface area contributed by atoms with Gasteiger partial charge in [0.05, 0.1) is 42.6 Å². The number of aliphatic imine (C=N–C) groups is 1. The second-order valence-corrected chi connectivity index (χ2v) is 7.88. The first kappa shape index (κ1) is 23.2. The number of ether oxygens (including phenoxy) is 2. The van der Waals surface area contributed by atoms with Gasteiger partial charge in [-0.1, -0.05) is 30.0 Å². The van der Waals surface area contributed by atoms with E-state index in [0.717, 1.165) is 0 Å². The van der Waals surface area contributed by atoms with Gasteiger partial charge in [-0.2, -0.15) is 0 Å². The molecule has 1 aliphatic rings. The molecular weight excluding hydrogens is 436 g/mol. The van der Waals surface area contributed by atoms with Crippen molar-refractivity contribution in [2.24, 2.45) is 4.99 Å². The first-order chi connectivity index (χ1) is 15.4. The molecule has 11 heteroatoms. The second-order valence-electron chi connectivity index (χ2n) is 6.71. The first-order valence-corrected chi connectivity index (χ1v) is 10.5. The van der Waals surface area contributed by atoms with Crippen LogP contribution in [0.15, 0.2) is 53.5 Å². The molecular formula is C21H22N4O6S. The predicted molar refractivity (Wildman–Crippen MR) is 121 cm³/mol. The number of carbonyl (C=O) groups excluding carboxylic acids is 2. The largest absolute Gasteiger partial charge is 0.494 e. The summed E-state index contributed by atoms with van der Waals surface area (Å²) in [6.45, 7) is 0.654. The van der Waals surface area contributed by atoms with Crippen molar-refractivity contribution < 1.29 is 24.0 Å². The van der Waals surface area contributed by atoms with E-state index in [9.17, 15) is 19.7 Å². The minimum atomic E-state index is -0.654.